The van der Waals surface area contributed by atoms with Crippen LogP contribution in [0, 0.1) is 11.8 Å². The molecule has 1 saturated carbocycles. The summed E-state index contributed by atoms with van der Waals surface area (Å²) >= 11 is 7.32. The molecular formula is C24H34N2O4S2. The highest BCUT2D eigenvalue weighted by atomic mass is 32.2. The second-order valence-electron chi connectivity index (χ2n) is 8.56. The second-order valence-corrected chi connectivity index (χ2v) is 10.00. The molecule has 1 N–H and O–H groups in total. The second kappa shape index (κ2) is 12.4. The van der Waals surface area contributed by atoms with Crippen molar-refractivity contribution in [3.05, 3.63) is 29.8 Å². The molecule has 3 rings (SSSR count). The number of thioether (sulfide) groups is 1. The number of hydrogen-bond acceptors (Lipinski definition) is 6. The van der Waals surface area contributed by atoms with Crippen molar-refractivity contribution in [3.8, 4) is 5.75 Å². The Labute approximate surface area is 200 Å². The molecule has 32 heavy (non-hydrogen) atoms. The van der Waals surface area contributed by atoms with E-state index in [0.717, 1.165) is 24.2 Å². The molecule has 1 aromatic carbocycles. The minimum absolute atomic E-state index is 0.0310. The van der Waals surface area contributed by atoms with E-state index in [0.29, 0.717) is 29.1 Å². The third-order valence-electron chi connectivity index (χ3n) is 6.49. The van der Waals surface area contributed by atoms with Gasteiger partial charge >= 0.3 is 6.09 Å². The topological polar surface area (TPSA) is 67.9 Å². The average Bonchev–Trinajstić information content (AvgIpc) is 3.33. The number of ketones is 1. The van der Waals surface area contributed by atoms with Gasteiger partial charge in [-0.1, -0.05) is 56.5 Å². The molecule has 1 saturated heterocycles. The lowest BCUT2D eigenvalue weighted by atomic mass is 9.82. The Bertz CT molecular complexity index is 781. The van der Waals surface area contributed by atoms with E-state index in [4.69, 9.17) is 21.7 Å². The van der Waals surface area contributed by atoms with Crippen molar-refractivity contribution in [1.82, 2.24) is 10.2 Å². The largest absolute Gasteiger partial charge is 0.497 e. The highest BCUT2D eigenvalue weighted by Gasteiger charge is 2.39. The molecule has 2 aliphatic rings. The zero-order valence-electron chi connectivity index (χ0n) is 19.0. The fourth-order valence-corrected chi connectivity index (χ4v) is 6.01. The number of hydrogen-bond donors (Lipinski definition) is 1. The molecule has 0 bridgehead atoms. The van der Waals surface area contributed by atoms with Crippen LogP contribution in [0.25, 0.3) is 0 Å². The molecule has 1 heterocycles. The molecule has 0 aromatic heterocycles. The van der Waals surface area contributed by atoms with Gasteiger partial charge in [0.1, 0.15) is 11.8 Å². The fourth-order valence-electron chi connectivity index (χ4n) is 4.54. The number of carbonyl (C=O) groups is 2. The quantitative estimate of drug-likeness (QED) is 0.511. The summed E-state index contributed by atoms with van der Waals surface area (Å²) in [4.78, 5) is 27.9. The maximum atomic E-state index is 13.6. The summed E-state index contributed by atoms with van der Waals surface area (Å²) in [5.41, 5.74) is 1.07. The maximum absolute atomic E-state index is 13.6. The summed E-state index contributed by atoms with van der Waals surface area (Å²) in [5, 5.41) is 3.31. The van der Waals surface area contributed by atoms with Gasteiger partial charge in [-0.2, -0.15) is 0 Å². The van der Waals surface area contributed by atoms with Gasteiger partial charge in [-0.15, -0.1) is 11.8 Å². The number of amides is 1. The van der Waals surface area contributed by atoms with E-state index in [-0.39, 0.29) is 11.7 Å². The number of benzene rings is 1. The molecule has 0 radical (unpaired) electrons. The van der Waals surface area contributed by atoms with E-state index < -0.39 is 12.1 Å². The van der Waals surface area contributed by atoms with Gasteiger partial charge in [0, 0.05) is 12.3 Å². The van der Waals surface area contributed by atoms with Gasteiger partial charge < -0.3 is 14.8 Å². The van der Waals surface area contributed by atoms with E-state index >= 15 is 0 Å². The van der Waals surface area contributed by atoms with Crippen molar-refractivity contribution < 1.29 is 19.1 Å². The summed E-state index contributed by atoms with van der Waals surface area (Å²) in [6.07, 6.45) is 7.62. The van der Waals surface area contributed by atoms with Crippen LogP contribution in [-0.2, 0) is 16.1 Å². The number of ether oxygens (including phenoxy) is 2. The summed E-state index contributed by atoms with van der Waals surface area (Å²) in [6, 6.07) is 7.32. The van der Waals surface area contributed by atoms with Crippen LogP contribution in [0.3, 0.4) is 0 Å². The first-order valence-corrected chi connectivity index (χ1v) is 13.0. The minimum Gasteiger partial charge on any atom is -0.497 e. The summed E-state index contributed by atoms with van der Waals surface area (Å²) in [7, 11) is 3.00. The summed E-state index contributed by atoms with van der Waals surface area (Å²) in [5.74, 6) is 2.18. The van der Waals surface area contributed by atoms with Crippen molar-refractivity contribution in [2.45, 2.75) is 57.5 Å². The van der Waals surface area contributed by atoms with Crippen LogP contribution >= 0.6 is 24.0 Å². The van der Waals surface area contributed by atoms with E-state index in [1.807, 2.05) is 24.3 Å². The monoisotopic (exact) mass is 478 g/mol. The highest BCUT2D eigenvalue weighted by molar-refractivity contribution is 7.99. The van der Waals surface area contributed by atoms with Crippen molar-refractivity contribution in [2.24, 2.45) is 11.8 Å². The van der Waals surface area contributed by atoms with Gasteiger partial charge in [0.15, 0.2) is 5.78 Å². The molecule has 1 aliphatic carbocycles. The maximum Gasteiger partial charge on any atom is 0.410 e. The Morgan fingerprint density at radius 2 is 1.91 bits per heavy atom. The summed E-state index contributed by atoms with van der Waals surface area (Å²) in [6.45, 7) is 0.552. The predicted octanol–water partition coefficient (Wildman–Crippen LogP) is 4.80. The molecule has 0 unspecified atom stereocenters. The van der Waals surface area contributed by atoms with Gasteiger partial charge in [-0.3, -0.25) is 9.69 Å². The Kier molecular flexibility index (Phi) is 9.66. The minimum atomic E-state index is -0.482. The molecule has 1 aromatic rings. The molecule has 2 fully saturated rings. The van der Waals surface area contributed by atoms with Crippen LogP contribution < -0.4 is 10.1 Å². The van der Waals surface area contributed by atoms with Crippen molar-refractivity contribution in [1.29, 1.82) is 0 Å². The fraction of sp³-hybridized carbons (Fsp3) is 0.625. The van der Waals surface area contributed by atoms with Crippen LogP contribution in [0.2, 0.25) is 0 Å². The van der Waals surface area contributed by atoms with Gasteiger partial charge in [-0.05, 0) is 36.5 Å². The first kappa shape index (κ1) is 24.8. The number of rotatable bonds is 9. The Balaban J connectivity index is 1.67. The van der Waals surface area contributed by atoms with Crippen LogP contribution in [0.15, 0.2) is 24.3 Å². The van der Waals surface area contributed by atoms with Crippen LogP contribution in [-0.4, -0.2) is 53.7 Å². The lowest BCUT2D eigenvalue weighted by Crippen LogP contribution is -2.47. The molecule has 176 valence electrons. The van der Waals surface area contributed by atoms with Gasteiger partial charge in [0.2, 0.25) is 0 Å². The highest BCUT2D eigenvalue weighted by Crippen LogP contribution is 2.31. The van der Waals surface area contributed by atoms with Gasteiger partial charge in [0.05, 0.1) is 31.0 Å². The first-order chi connectivity index (χ1) is 15.5. The number of methoxy groups -OCH3 is 2. The molecule has 0 spiro atoms. The summed E-state index contributed by atoms with van der Waals surface area (Å²) < 4.78 is 10.1. The first-order valence-electron chi connectivity index (χ1n) is 11.4. The standard InChI is InChI=1S/C24H34N2O4S2/c1-29-19-11-8-18(9-12-19)14-25-23(31)20(13-10-17-6-4-3-5-7-17)22(27)21-15-32-16-26(21)24(28)30-2/h8-9,11-12,17,20-21H,3-7,10,13-16H2,1-2H3,(H,25,31)/t20-,21+/m1/s1. The van der Waals surface area contributed by atoms with Crippen molar-refractivity contribution >= 4 is 40.8 Å². The molecule has 1 amide bonds. The van der Waals surface area contributed by atoms with E-state index in [2.05, 4.69) is 5.32 Å². The van der Waals surface area contributed by atoms with Crippen LogP contribution in [0.4, 0.5) is 4.79 Å². The van der Waals surface area contributed by atoms with Gasteiger partial charge in [0.25, 0.3) is 0 Å². The zero-order chi connectivity index (χ0) is 22.9. The van der Waals surface area contributed by atoms with Gasteiger partial charge in [-0.25, -0.2) is 4.79 Å². The Morgan fingerprint density at radius 1 is 1.19 bits per heavy atom. The van der Waals surface area contributed by atoms with E-state index in [9.17, 15) is 9.59 Å². The smallest absolute Gasteiger partial charge is 0.410 e. The van der Waals surface area contributed by atoms with E-state index in [1.165, 1.54) is 44.1 Å². The number of nitrogens with one attached hydrogen (secondary N) is 1. The number of Topliss-reactive ketones (excluding diaryl/α,β-unsaturated/α-hetero) is 1. The molecular weight excluding hydrogens is 444 g/mol. The number of nitrogens with zero attached hydrogens (tertiary/aromatic N) is 1. The van der Waals surface area contributed by atoms with Crippen LogP contribution in [0.5, 0.6) is 5.75 Å². The molecule has 6 nitrogen and oxygen atoms in total. The average molecular weight is 479 g/mol. The van der Waals surface area contributed by atoms with Crippen LogP contribution in [0.1, 0.15) is 50.5 Å². The third-order valence-corrected chi connectivity index (χ3v) is 7.93. The Morgan fingerprint density at radius 3 is 2.56 bits per heavy atom. The molecule has 1 aliphatic heterocycles. The lowest BCUT2D eigenvalue weighted by Gasteiger charge is -2.28. The predicted molar refractivity (Wildman–Crippen MR) is 132 cm³/mol. The third kappa shape index (κ3) is 6.61. The number of thiocarbonyl (C=S) groups is 1. The molecule has 2 atom stereocenters. The zero-order valence-corrected chi connectivity index (χ0v) is 20.6. The molecule has 8 heteroatoms. The normalized spacial score (nSPS) is 19.9. The Hall–Kier alpha value is -1.80. The SMILES string of the molecule is COC(=O)N1CSC[C@H]1C(=O)[C@@H](CCC1CCCCC1)C(=S)NCc1ccc(OC)cc1. The van der Waals surface area contributed by atoms with E-state index in [1.54, 1.807) is 18.9 Å². The number of carbonyl (C=O) groups excluding carboxylic acids is 2. The van der Waals surface area contributed by atoms with Crippen molar-refractivity contribution in [3.63, 3.8) is 0 Å². The lowest BCUT2D eigenvalue weighted by molar-refractivity contribution is -0.124. The van der Waals surface area contributed by atoms with Crippen molar-refractivity contribution in [2.75, 3.05) is 25.8 Å².